The van der Waals surface area contributed by atoms with Gasteiger partial charge in [0.15, 0.2) is 5.05 Å². The zero-order valence-electron chi connectivity index (χ0n) is 4.25. The molecule has 0 rings (SSSR count). The molecule has 0 heterocycles. The lowest BCUT2D eigenvalue weighted by molar-refractivity contribution is 0.180. The van der Waals surface area contributed by atoms with Crippen molar-refractivity contribution in [3.63, 3.8) is 0 Å². The van der Waals surface area contributed by atoms with Crippen LogP contribution in [0, 0.1) is 0 Å². The Hall–Kier alpha value is -0.840. The van der Waals surface area contributed by atoms with E-state index in [0.717, 1.165) is 0 Å². The molecule has 0 aromatic heterocycles. The number of nitrogens with two attached hydrogens (primary N) is 1. The maximum absolute atomic E-state index is 8.67. The summed E-state index contributed by atoms with van der Waals surface area (Å²) >= 11 is 4.09. The molecule has 5 heteroatoms. The van der Waals surface area contributed by atoms with Crippen LogP contribution >= 0.6 is 12.2 Å². The van der Waals surface area contributed by atoms with Crippen LogP contribution in [0.25, 0.3) is 0 Å². The number of amides is 1. The second kappa shape index (κ2) is 6.16. The van der Waals surface area contributed by atoms with Gasteiger partial charge >= 0.3 is 6.09 Å². The van der Waals surface area contributed by atoms with Crippen LogP contribution in [0.1, 0.15) is 6.92 Å². The highest BCUT2D eigenvalue weighted by molar-refractivity contribution is 7.79. The fourth-order valence-electron chi connectivity index (χ4n) is 0. The first-order valence-corrected chi connectivity index (χ1v) is 2.03. The molecule has 0 atom stereocenters. The highest BCUT2D eigenvalue weighted by Gasteiger charge is 1.71. The predicted molar refractivity (Wildman–Crippen MR) is 31.2 cm³/mol. The zero-order chi connectivity index (χ0) is 7.15. The molecule has 0 bridgehead atoms. The zero-order valence-corrected chi connectivity index (χ0v) is 5.07. The van der Waals surface area contributed by atoms with Gasteiger partial charge in [0.1, 0.15) is 0 Å². The molecule has 0 fully saturated rings. The molecule has 0 aliphatic rings. The van der Waals surface area contributed by atoms with Gasteiger partial charge in [-0.25, -0.2) is 9.90 Å². The van der Waals surface area contributed by atoms with Crippen molar-refractivity contribution in [2.45, 2.75) is 6.92 Å². The minimum atomic E-state index is -1.58. The van der Waals surface area contributed by atoms with Crippen LogP contribution in [0.3, 0.4) is 0 Å². The second-order valence-electron chi connectivity index (χ2n) is 0.838. The Morgan fingerprint density at radius 1 is 1.75 bits per heavy atom. The second-order valence-corrected chi connectivity index (χ2v) is 1.43. The SMILES string of the molecule is CC(O)=S.NC([O])=O. The van der Waals surface area contributed by atoms with E-state index in [1.807, 2.05) is 0 Å². The summed E-state index contributed by atoms with van der Waals surface area (Å²) in [5, 5.41) is 16.5. The van der Waals surface area contributed by atoms with E-state index in [0.29, 0.717) is 0 Å². The molecule has 0 aliphatic carbocycles. The summed E-state index contributed by atoms with van der Waals surface area (Å²) in [4.78, 5) is 8.67. The Morgan fingerprint density at radius 3 is 1.75 bits per heavy atom. The fourth-order valence-corrected chi connectivity index (χ4v) is 0. The van der Waals surface area contributed by atoms with E-state index >= 15 is 0 Å². The largest absolute Gasteiger partial charge is 0.502 e. The third-order valence-electron chi connectivity index (χ3n) is 0. The molecule has 1 amide bonds. The molecule has 0 aliphatic heterocycles. The molecule has 3 N–H and O–H groups in total. The maximum Gasteiger partial charge on any atom is 0.448 e. The van der Waals surface area contributed by atoms with Crippen LogP contribution in [0.2, 0.25) is 0 Å². The van der Waals surface area contributed by atoms with Crippen molar-refractivity contribution >= 4 is 23.4 Å². The first-order valence-electron chi connectivity index (χ1n) is 1.62. The Labute approximate surface area is 51.9 Å². The molecular formula is C3H6NO3S. The van der Waals surface area contributed by atoms with Crippen LogP contribution in [-0.4, -0.2) is 16.3 Å². The molecule has 0 unspecified atom stereocenters. The number of hydrogen-bond acceptors (Lipinski definition) is 2. The summed E-state index contributed by atoms with van der Waals surface area (Å²) in [6.07, 6.45) is -1.58. The normalized spacial score (nSPS) is 6.12. The summed E-state index contributed by atoms with van der Waals surface area (Å²) in [5.74, 6) is 0. The quantitative estimate of drug-likeness (QED) is 0.472. The number of carbonyl (C=O) groups excluding carboxylic acids is 1. The molecule has 0 aromatic rings. The smallest absolute Gasteiger partial charge is 0.448 e. The summed E-state index contributed by atoms with van der Waals surface area (Å²) in [6.45, 7) is 1.45. The van der Waals surface area contributed by atoms with Crippen LogP contribution in [0.15, 0.2) is 0 Å². The summed E-state index contributed by atoms with van der Waals surface area (Å²) in [7, 11) is 0. The van der Waals surface area contributed by atoms with Crippen LogP contribution in [0.4, 0.5) is 4.79 Å². The number of aliphatic hydroxyl groups excluding tert-OH is 1. The molecule has 1 radical (unpaired) electrons. The van der Waals surface area contributed by atoms with Gasteiger partial charge in [0, 0.05) is 6.92 Å². The summed E-state index contributed by atoms with van der Waals surface area (Å²) < 4.78 is 0. The Bertz CT molecular complexity index is 72.5. The molecule has 0 saturated carbocycles. The van der Waals surface area contributed by atoms with E-state index in [1.165, 1.54) is 6.92 Å². The highest BCUT2D eigenvalue weighted by Crippen LogP contribution is 1.54. The number of rotatable bonds is 0. The van der Waals surface area contributed by atoms with E-state index in [9.17, 15) is 0 Å². The van der Waals surface area contributed by atoms with Crippen molar-refractivity contribution in [1.82, 2.24) is 0 Å². The van der Waals surface area contributed by atoms with Gasteiger partial charge in [-0.1, -0.05) is 0 Å². The number of carbonyl (C=O) groups is 1. The van der Waals surface area contributed by atoms with E-state index in [-0.39, 0.29) is 5.05 Å². The monoisotopic (exact) mass is 136 g/mol. The van der Waals surface area contributed by atoms with E-state index in [4.69, 9.17) is 15.0 Å². The standard InChI is InChI=1S/C2H4OS.CH2NO2/c1-2(3)4;2-1(3)4/h1H3,(H,3,4);2H2. The van der Waals surface area contributed by atoms with Crippen molar-refractivity contribution in [2.24, 2.45) is 5.73 Å². The van der Waals surface area contributed by atoms with Crippen molar-refractivity contribution in [2.75, 3.05) is 0 Å². The van der Waals surface area contributed by atoms with Crippen LogP contribution in [0.5, 0.6) is 0 Å². The number of aliphatic hydroxyl groups is 1. The average Bonchev–Trinajstić information content (AvgIpc) is 1.25. The average molecular weight is 136 g/mol. The van der Waals surface area contributed by atoms with Gasteiger partial charge in [-0.15, -0.1) is 0 Å². The third-order valence-corrected chi connectivity index (χ3v) is 0. The van der Waals surface area contributed by atoms with Crippen molar-refractivity contribution < 1.29 is 15.0 Å². The Morgan fingerprint density at radius 2 is 1.75 bits per heavy atom. The number of primary amides is 1. The predicted octanol–water partition coefficient (Wildman–Crippen LogP) is 0.387. The van der Waals surface area contributed by atoms with Gasteiger partial charge in [0.25, 0.3) is 0 Å². The fraction of sp³-hybridized carbons (Fsp3) is 0.333. The van der Waals surface area contributed by atoms with Crippen molar-refractivity contribution in [3.8, 4) is 0 Å². The van der Waals surface area contributed by atoms with Crippen LogP contribution < -0.4 is 5.73 Å². The van der Waals surface area contributed by atoms with Crippen molar-refractivity contribution in [1.29, 1.82) is 0 Å². The molecule has 47 valence electrons. The molecule has 0 spiro atoms. The highest BCUT2D eigenvalue weighted by atomic mass is 32.1. The molecule has 0 aromatic carbocycles. The lowest BCUT2D eigenvalue weighted by Crippen LogP contribution is -2.01. The summed E-state index contributed by atoms with van der Waals surface area (Å²) in [6, 6.07) is 0. The van der Waals surface area contributed by atoms with Gasteiger partial charge in [0.2, 0.25) is 0 Å². The van der Waals surface area contributed by atoms with Crippen LogP contribution in [-0.2, 0) is 5.11 Å². The molecular weight excluding hydrogens is 130 g/mol. The number of hydrogen-bond donors (Lipinski definition) is 2. The minimum absolute atomic E-state index is 0.000000000000000222. The van der Waals surface area contributed by atoms with E-state index < -0.39 is 6.09 Å². The lowest BCUT2D eigenvalue weighted by atomic mass is 10.9. The molecule has 0 saturated heterocycles. The summed E-state index contributed by atoms with van der Waals surface area (Å²) in [5.41, 5.74) is 3.92. The topological polar surface area (TPSA) is 83.2 Å². The minimum Gasteiger partial charge on any atom is -0.502 e. The molecule has 4 nitrogen and oxygen atoms in total. The van der Waals surface area contributed by atoms with Gasteiger partial charge in [-0.2, -0.15) is 0 Å². The van der Waals surface area contributed by atoms with Gasteiger partial charge in [0.05, 0.1) is 0 Å². The third kappa shape index (κ3) is 127. The first kappa shape index (κ1) is 10.2. The number of thiocarbonyl (C=S) groups is 1. The van der Waals surface area contributed by atoms with E-state index in [1.54, 1.807) is 0 Å². The Balaban J connectivity index is 0. The maximum atomic E-state index is 8.67. The van der Waals surface area contributed by atoms with E-state index in [2.05, 4.69) is 18.0 Å². The molecule has 8 heavy (non-hydrogen) atoms. The first-order chi connectivity index (χ1) is 3.46. The van der Waals surface area contributed by atoms with Gasteiger partial charge in [-0.3, -0.25) is 0 Å². The van der Waals surface area contributed by atoms with Crippen molar-refractivity contribution in [3.05, 3.63) is 0 Å². The van der Waals surface area contributed by atoms with Gasteiger partial charge < -0.3 is 10.8 Å². The lowest BCUT2D eigenvalue weighted by Gasteiger charge is -1.64. The Kier molecular flexibility index (Phi) is 7.86. The van der Waals surface area contributed by atoms with Gasteiger partial charge in [-0.05, 0) is 12.2 Å².